The minimum absolute atomic E-state index is 0.0347. The zero-order valence-electron chi connectivity index (χ0n) is 18.2. The standard InChI is InChI=1S/C24H26N4O3/c1-24(2)13-17-21(18(29)14-24)22(25-15-9-5-7-11-19(15)30-3)28-23(27-17)26-16-10-6-8-12-20(16)31-4/h5-12H,13-14H2,1-4H3,(H2,25,26,27,28). The molecule has 0 aliphatic heterocycles. The van der Waals surface area contributed by atoms with Crippen molar-refractivity contribution in [1.29, 1.82) is 0 Å². The van der Waals surface area contributed by atoms with Crippen LogP contribution in [0, 0.1) is 5.41 Å². The van der Waals surface area contributed by atoms with E-state index in [-0.39, 0.29) is 11.2 Å². The van der Waals surface area contributed by atoms with Gasteiger partial charge in [0.05, 0.1) is 36.9 Å². The molecule has 7 heteroatoms. The summed E-state index contributed by atoms with van der Waals surface area (Å²) in [6.45, 7) is 4.16. The van der Waals surface area contributed by atoms with Crippen molar-refractivity contribution < 1.29 is 14.3 Å². The van der Waals surface area contributed by atoms with E-state index in [2.05, 4.69) is 29.5 Å². The molecule has 3 aromatic rings. The zero-order valence-corrected chi connectivity index (χ0v) is 18.2. The highest BCUT2D eigenvalue weighted by Gasteiger charge is 2.35. The summed E-state index contributed by atoms with van der Waals surface area (Å²) in [4.78, 5) is 22.4. The fourth-order valence-corrected chi connectivity index (χ4v) is 3.86. The third-order valence-electron chi connectivity index (χ3n) is 5.26. The van der Waals surface area contributed by atoms with E-state index in [0.29, 0.717) is 41.7 Å². The highest BCUT2D eigenvalue weighted by atomic mass is 16.5. The largest absolute Gasteiger partial charge is 0.495 e. The van der Waals surface area contributed by atoms with Gasteiger partial charge in [0.25, 0.3) is 0 Å². The van der Waals surface area contributed by atoms with Gasteiger partial charge in [-0.05, 0) is 36.1 Å². The van der Waals surface area contributed by atoms with Gasteiger partial charge in [-0.1, -0.05) is 38.1 Å². The van der Waals surface area contributed by atoms with E-state index in [0.717, 1.165) is 17.1 Å². The molecule has 2 aromatic carbocycles. The number of benzene rings is 2. The lowest BCUT2D eigenvalue weighted by Gasteiger charge is -2.30. The third kappa shape index (κ3) is 4.30. The lowest BCUT2D eigenvalue weighted by molar-refractivity contribution is 0.0911. The molecule has 0 saturated carbocycles. The molecule has 7 nitrogen and oxygen atoms in total. The lowest BCUT2D eigenvalue weighted by Crippen LogP contribution is -2.29. The van der Waals surface area contributed by atoms with Crippen molar-refractivity contribution in [3.63, 3.8) is 0 Å². The molecule has 1 aromatic heterocycles. The summed E-state index contributed by atoms with van der Waals surface area (Å²) in [6, 6.07) is 15.1. The molecule has 2 N–H and O–H groups in total. The predicted octanol–water partition coefficient (Wildman–Crippen LogP) is 5.14. The van der Waals surface area contributed by atoms with E-state index >= 15 is 0 Å². The number of methoxy groups -OCH3 is 2. The second kappa shape index (κ2) is 8.26. The van der Waals surface area contributed by atoms with Crippen LogP contribution in [0.5, 0.6) is 11.5 Å². The van der Waals surface area contributed by atoms with Crippen molar-refractivity contribution in [1.82, 2.24) is 9.97 Å². The van der Waals surface area contributed by atoms with Gasteiger partial charge in [0.1, 0.15) is 17.3 Å². The van der Waals surface area contributed by atoms with Crippen LogP contribution in [0.1, 0.15) is 36.3 Å². The second-order valence-corrected chi connectivity index (χ2v) is 8.31. The SMILES string of the molecule is COc1ccccc1Nc1nc2c(c(Nc3ccccc3OC)n1)C(=O)CC(C)(C)C2. The number of para-hydroxylation sites is 4. The molecule has 31 heavy (non-hydrogen) atoms. The molecular weight excluding hydrogens is 392 g/mol. The fraction of sp³-hybridized carbons (Fsp3) is 0.292. The lowest BCUT2D eigenvalue weighted by atomic mass is 9.75. The fourth-order valence-electron chi connectivity index (χ4n) is 3.86. The number of carbonyl (C=O) groups excluding carboxylic acids is 1. The minimum atomic E-state index is -0.165. The molecule has 0 fully saturated rings. The normalized spacial score (nSPS) is 14.5. The van der Waals surface area contributed by atoms with E-state index in [1.807, 2.05) is 48.5 Å². The van der Waals surface area contributed by atoms with E-state index < -0.39 is 0 Å². The van der Waals surface area contributed by atoms with Gasteiger partial charge in [-0.15, -0.1) is 0 Å². The summed E-state index contributed by atoms with van der Waals surface area (Å²) in [5.41, 5.74) is 2.57. The number of Topliss-reactive ketones (excluding diaryl/α,β-unsaturated/α-hetero) is 1. The van der Waals surface area contributed by atoms with Crippen molar-refractivity contribution in [2.75, 3.05) is 24.9 Å². The number of aromatic nitrogens is 2. The van der Waals surface area contributed by atoms with Crippen molar-refractivity contribution in [2.24, 2.45) is 5.41 Å². The monoisotopic (exact) mass is 418 g/mol. The first-order chi connectivity index (χ1) is 14.9. The quantitative estimate of drug-likeness (QED) is 0.573. The van der Waals surface area contributed by atoms with Crippen molar-refractivity contribution in [3.8, 4) is 11.5 Å². The summed E-state index contributed by atoms with van der Waals surface area (Å²) in [5, 5.41) is 6.54. The zero-order chi connectivity index (χ0) is 22.0. The Balaban J connectivity index is 1.81. The molecule has 0 bridgehead atoms. The van der Waals surface area contributed by atoms with Crippen LogP contribution < -0.4 is 20.1 Å². The second-order valence-electron chi connectivity index (χ2n) is 8.31. The molecule has 1 aliphatic rings. The molecular formula is C24H26N4O3. The van der Waals surface area contributed by atoms with Crippen LogP contribution in [0.15, 0.2) is 48.5 Å². The summed E-state index contributed by atoms with van der Waals surface area (Å²) >= 11 is 0. The molecule has 1 heterocycles. The van der Waals surface area contributed by atoms with E-state index in [9.17, 15) is 4.79 Å². The van der Waals surface area contributed by atoms with Crippen molar-refractivity contribution >= 4 is 28.9 Å². The maximum absolute atomic E-state index is 13.0. The van der Waals surface area contributed by atoms with Gasteiger partial charge in [0, 0.05) is 6.42 Å². The first-order valence-electron chi connectivity index (χ1n) is 10.1. The van der Waals surface area contributed by atoms with E-state index in [4.69, 9.17) is 14.5 Å². The number of fused-ring (bicyclic) bond motifs is 1. The van der Waals surface area contributed by atoms with Gasteiger partial charge >= 0.3 is 0 Å². The molecule has 0 unspecified atom stereocenters. The Labute approximate surface area is 181 Å². The molecule has 160 valence electrons. The Morgan fingerprint density at radius 3 is 2.03 bits per heavy atom. The maximum atomic E-state index is 13.0. The van der Waals surface area contributed by atoms with Gasteiger partial charge in [-0.2, -0.15) is 4.98 Å². The van der Waals surface area contributed by atoms with Crippen molar-refractivity contribution in [3.05, 3.63) is 59.8 Å². The number of hydrogen-bond donors (Lipinski definition) is 2. The molecule has 0 amide bonds. The summed E-state index contributed by atoms with van der Waals surface area (Å²) in [7, 11) is 3.22. The van der Waals surface area contributed by atoms with E-state index in [1.54, 1.807) is 14.2 Å². The Morgan fingerprint density at radius 2 is 1.42 bits per heavy atom. The van der Waals surface area contributed by atoms with Gasteiger partial charge < -0.3 is 20.1 Å². The minimum Gasteiger partial charge on any atom is -0.495 e. The van der Waals surface area contributed by atoms with Crippen LogP contribution >= 0.6 is 0 Å². The van der Waals surface area contributed by atoms with Gasteiger partial charge in [-0.25, -0.2) is 4.98 Å². The number of ketones is 1. The number of rotatable bonds is 6. The van der Waals surface area contributed by atoms with E-state index in [1.165, 1.54) is 0 Å². The van der Waals surface area contributed by atoms with Gasteiger partial charge in [-0.3, -0.25) is 4.79 Å². The first-order valence-corrected chi connectivity index (χ1v) is 10.1. The van der Waals surface area contributed by atoms with Crippen LogP contribution in [-0.2, 0) is 6.42 Å². The van der Waals surface area contributed by atoms with Crippen molar-refractivity contribution in [2.45, 2.75) is 26.7 Å². The number of nitrogens with one attached hydrogen (secondary N) is 2. The summed E-state index contributed by atoms with van der Waals surface area (Å²) < 4.78 is 10.9. The number of ether oxygens (including phenoxy) is 2. The topological polar surface area (TPSA) is 85.4 Å². The number of nitrogens with zero attached hydrogens (tertiary/aromatic N) is 2. The van der Waals surface area contributed by atoms with Gasteiger partial charge in [0.2, 0.25) is 5.95 Å². The summed E-state index contributed by atoms with van der Waals surface area (Å²) in [6.07, 6.45) is 1.13. The Morgan fingerprint density at radius 1 is 0.839 bits per heavy atom. The molecule has 0 saturated heterocycles. The maximum Gasteiger partial charge on any atom is 0.229 e. The molecule has 0 radical (unpaired) electrons. The average molecular weight is 418 g/mol. The third-order valence-corrected chi connectivity index (χ3v) is 5.26. The highest BCUT2D eigenvalue weighted by molar-refractivity contribution is 6.03. The van der Waals surface area contributed by atoms with Crippen LogP contribution in [0.4, 0.5) is 23.1 Å². The smallest absolute Gasteiger partial charge is 0.229 e. The molecule has 0 atom stereocenters. The van der Waals surface area contributed by atoms with Crippen LogP contribution in [-0.4, -0.2) is 30.0 Å². The number of carbonyl (C=O) groups is 1. The molecule has 1 aliphatic carbocycles. The molecule has 4 rings (SSSR count). The van der Waals surface area contributed by atoms with Gasteiger partial charge in [0.15, 0.2) is 5.78 Å². The molecule has 0 spiro atoms. The average Bonchev–Trinajstić information content (AvgIpc) is 2.73. The Kier molecular flexibility index (Phi) is 5.50. The number of hydrogen-bond acceptors (Lipinski definition) is 7. The predicted molar refractivity (Wildman–Crippen MR) is 121 cm³/mol. The summed E-state index contributed by atoms with van der Waals surface area (Å²) in [5.74, 6) is 2.24. The highest BCUT2D eigenvalue weighted by Crippen LogP contribution is 2.39. The Hall–Kier alpha value is -3.61. The van der Waals surface area contributed by atoms with Crippen LogP contribution in [0.25, 0.3) is 0 Å². The Bertz CT molecular complexity index is 1130. The van der Waals surface area contributed by atoms with Crippen LogP contribution in [0.2, 0.25) is 0 Å². The van der Waals surface area contributed by atoms with Crippen LogP contribution in [0.3, 0.4) is 0 Å². The number of anilines is 4. The first kappa shape index (κ1) is 20.7.